The van der Waals surface area contributed by atoms with E-state index in [-0.39, 0.29) is 29.9 Å². The maximum Gasteiger partial charge on any atom is 0.262 e. The molecule has 0 radical (unpaired) electrons. The molecule has 1 unspecified atom stereocenters. The second kappa shape index (κ2) is 9.17. The predicted octanol–water partition coefficient (Wildman–Crippen LogP) is 2.46. The number of hydrogen-bond acceptors (Lipinski definition) is 6. The van der Waals surface area contributed by atoms with Crippen molar-refractivity contribution in [1.82, 2.24) is 4.31 Å². The van der Waals surface area contributed by atoms with E-state index >= 15 is 0 Å². The number of piperidine rings is 1. The number of benzene rings is 2. The summed E-state index contributed by atoms with van der Waals surface area (Å²) in [5, 5.41) is 5.48. The van der Waals surface area contributed by atoms with Gasteiger partial charge >= 0.3 is 0 Å². The van der Waals surface area contributed by atoms with Crippen molar-refractivity contribution in [2.24, 2.45) is 5.92 Å². The van der Waals surface area contributed by atoms with Gasteiger partial charge < -0.3 is 20.1 Å². The van der Waals surface area contributed by atoms with Gasteiger partial charge in [-0.2, -0.15) is 4.31 Å². The molecule has 10 heteroatoms. The summed E-state index contributed by atoms with van der Waals surface area (Å²) in [6.45, 7) is 2.77. The van der Waals surface area contributed by atoms with Crippen LogP contribution in [0.5, 0.6) is 11.5 Å². The lowest BCUT2D eigenvalue weighted by atomic mass is 9.99. The van der Waals surface area contributed by atoms with Crippen LogP contribution in [0.3, 0.4) is 0 Å². The molecule has 0 spiro atoms. The molecule has 0 aliphatic carbocycles. The number of nitrogens with zero attached hydrogens (tertiary/aromatic N) is 1. The lowest BCUT2D eigenvalue weighted by Crippen LogP contribution is -2.43. The van der Waals surface area contributed by atoms with Gasteiger partial charge in [0.25, 0.3) is 5.91 Å². The molecule has 9 nitrogen and oxygen atoms in total. The second-order valence-electron chi connectivity index (χ2n) is 7.64. The molecule has 0 saturated carbocycles. The molecular formula is C22H25N3O6S. The molecule has 0 aromatic heterocycles. The Kier molecular flexibility index (Phi) is 6.33. The van der Waals surface area contributed by atoms with E-state index in [0.29, 0.717) is 48.9 Å². The molecule has 0 bridgehead atoms. The highest BCUT2D eigenvalue weighted by molar-refractivity contribution is 7.89. The van der Waals surface area contributed by atoms with Gasteiger partial charge in [-0.25, -0.2) is 8.42 Å². The average molecular weight is 460 g/mol. The molecule has 32 heavy (non-hydrogen) atoms. The quantitative estimate of drug-likeness (QED) is 0.686. The summed E-state index contributed by atoms with van der Waals surface area (Å²) < 4.78 is 38.4. The van der Waals surface area contributed by atoms with Crippen LogP contribution in [-0.4, -0.2) is 50.8 Å². The number of hydrogen-bond donors (Lipinski definition) is 2. The number of fused-ring (bicyclic) bond motifs is 1. The van der Waals surface area contributed by atoms with Crippen LogP contribution >= 0.6 is 0 Å². The zero-order valence-electron chi connectivity index (χ0n) is 17.7. The van der Waals surface area contributed by atoms with Crippen LogP contribution in [0.4, 0.5) is 11.4 Å². The maximum atomic E-state index is 13.2. The lowest BCUT2D eigenvalue weighted by molar-refractivity contribution is -0.121. The van der Waals surface area contributed by atoms with E-state index in [1.165, 1.54) is 22.5 Å². The van der Waals surface area contributed by atoms with Gasteiger partial charge in [-0.3, -0.25) is 9.59 Å². The van der Waals surface area contributed by atoms with Crippen molar-refractivity contribution >= 4 is 33.2 Å². The molecular weight excluding hydrogens is 434 g/mol. The van der Waals surface area contributed by atoms with Gasteiger partial charge in [0.1, 0.15) is 11.5 Å². The molecule has 2 heterocycles. The number of ether oxygens (including phenoxy) is 2. The van der Waals surface area contributed by atoms with Gasteiger partial charge in [0.05, 0.1) is 23.1 Å². The third-order valence-electron chi connectivity index (χ3n) is 5.41. The van der Waals surface area contributed by atoms with Crippen LogP contribution in [0.1, 0.15) is 19.8 Å². The smallest absolute Gasteiger partial charge is 0.262 e. The molecule has 170 valence electrons. The Balaban J connectivity index is 1.45. The predicted molar refractivity (Wildman–Crippen MR) is 118 cm³/mol. The summed E-state index contributed by atoms with van der Waals surface area (Å²) in [6, 6.07) is 11.4. The highest BCUT2D eigenvalue weighted by Gasteiger charge is 2.34. The summed E-state index contributed by atoms with van der Waals surface area (Å²) in [5.41, 5.74) is 0.952. The molecule has 2 aliphatic heterocycles. The highest BCUT2D eigenvalue weighted by atomic mass is 32.2. The van der Waals surface area contributed by atoms with Gasteiger partial charge in [0.15, 0.2) is 6.61 Å². The first-order valence-corrected chi connectivity index (χ1v) is 11.9. The van der Waals surface area contributed by atoms with Crippen molar-refractivity contribution in [1.29, 1.82) is 0 Å². The SMILES string of the molecule is CCOc1ccc(NC(=O)C2CCCN(S(=O)(=O)c3ccc4c(c3)NC(=O)CO4)C2)cc1. The molecule has 1 fully saturated rings. The number of nitrogens with one attached hydrogen (secondary N) is 2. The van der Waals surface area contributed by atoms with Gasteiger partial charge in [-0.15, -0.1) is 0 Å². The first kappa shape index (κ1) is 22.1. The van der Waals surface area contributed by atoms with E-state index in [1.54, 1.807) is 24.3 Å². The zero-order valence-corrected chi connectivity index (χ0v) is 18.5. The topological polar surface area (TPSA) is 114 Å². The van der Waals surface area contributed by atoms with Crippen LogP contribution in [0.2, 0.25) is 0 Å². The summed E-state index contributed by atoms with van der Waals surface area (Å²) in [5.74, 6) is 0.115. The summed E-state index contributed by atoms with van der Waals surface area (Å²) in [6.07, 6.45) is 1.17. The molecule has 2 N–H and O–H groups in total. The fourth-order valence-corrected chi connectivity index (χ4v) is 5.34. The van der Waals surface area contributed by atoms with Gasteiger partial charge in [-0.1, -0.05) is 0 Å². The normalized spacial score (nSPS) is 18.8. The van der Waals surface area contributed by atoms with Crippen molar-refractivity contribution < 1.29 is 27.5 Å². The van der Waals surface area contributed by atoms with E-state index in [0.717, 1.165) is 0 Å². The van der Waals surface area contributed by atoms with Crippen molar-refractivity contribution in [2.45, 2.75) is 24.7 Å². The third kappa shape index (κ3) is 4.71. The Morgan fingerprint density at radius 3 is 2.78 bits per heavy atom. The van der Waals surface area contributed by atoms with E-state index < -0.39 is 15.9 Å². The van der Waals surface area contributed by atoms with E-state index in [1.807, 2.05) is 6.92 Å². The highest BCUT2D eigenvalue weighted by Crippen LogP contribution is 2.32. The van der Waals surface area contributed by atoms with E-state index in [4.69, 9.17) is 9.47 Å². The van der Waals surface area contributed by atoms with Gasteiger partial charge in [0.2, 0.25) is 15.9 Å². The molecule has 2 aromatic carbocycles. The van der Waals surface area contributed by atoms with Crippen LogP contribution in [0, 0.1) is 5.92 Å². The maximum absolute atomic E-state index is 13.2. The summed E-state index contributed by atoms with van der Waals surface area (Å²) in [4.78, 5) is 24.4. The van der Waals surface area contributed by atoms with Crippen LogP contribution < -0.4 is 20.1 Å². The number of rotatable bonds is 6. The Hall–Kier alpha value is -3.11. The Morgan fingerprint density at radius 1 is 1.25 bits per heavy atom. The number of carbonyl (C=O) groups excluding carboxylic acids is 2. The average Bonchev–Trinajstić information content (AvgIpc) is 2.80. The Labute approximate surface area is 186 Å². The van der Waals surface area contributed by atoms with Crippen molar-refractivity contribution in [3.63, 3.8) is 0 Å². The standard InChI is InChI=1S/C22H25N3O6S/c1-2-30-17-7-5-16(6-8-17)23-22(27)15-4-3-11-25(13-15)32(28,29)18-9-10-20-19(12-18)24-21(26)14-31-20/h5-10,12,15H,2-4,11,13-14H2,1H3,(H,23,27)(H,24,26). The van der Waals surface area contributed by atoms with Crippen molar-refractivity contribution in [3.05, 3.63) is 42.5 Å². The molecule has 1 atom stereocenters. The minimum Gasteiger partial charge on any atom is -0.494 e. The number of sulfonamides is 1. The molecule has 4 rings (SSSR count). The third-order valence-corrected chi connectivity index (χ3v) is 7.27. The number of carbonyl (C=O) groups is 2. The largest absolute Gasteiger partial charge is 0.494 e. The van der Waals surface area contributed by atoms with Crippen molar-refractivity contribution in [2.75, 3.05) is 36.9 Å². The first-order chi connectivity index (χ1) is 15.4. The zero-order chi connectivity index (χ0) is 22.7. The van der Waals surface area contributed by atoms with Crippen LogP contribution in [-0.2, 0) is 19.6 Å². The monoisotopic (exact) mass is 459 g/mol. The van der Waals surface area contributed by atoms with E-state index in [9.17, 15) is 18.0 Å². The first-order valence-electron chi connectivity index (χ1n) is 10.5. The minimum absolute atomic E-state index is 0.0506. The van der Waals surface area contributed by atoms with Crippen molar-refractivity contribution in [3.8, 4) is 11.5 Å². The summed E-state index contributed by atoms with van der Waals surface area (Å²) in [7, 11) is -3.83. The molecule has 2 amide bonds. The minimum atomic E-state index is -3.83. The fourth-order valence-electron chi connectivity index (χ4n) is 3.79. The Morgan fingerprint density at radius 2 is 2.03 bits per heavy atom. The van der Waals surface area contributed by atoms with Gasteiger partial charge in [-0.05, 0) is 62.2 Å². The Bertz CT molecular complexity index is 1120. The fraction of sp³-hybridized carbons (Fsp3) is 0.364. The molecule has 2 aromatic rings. The van der Waals surface area contributed by atoms with Crippen LogP contribution in [0.15, 0.2) is 47.4 Å². The second-order valence-corrected chi connectivity index (χ2v) is 9.58. The number of anilines is 2. The molecule has 1 saturated heterocycles. The molecule has 2 aliphatic rings. The number of amides is 2. The van der Waals surface area contributed by atoms with Gasteiger partial charge in [0, 0.05) is 18.8 Å². The van der Waals surface area contributed by atoms with Crippen LogP contribution in [0.25, 0.3) is 0 Å². The lowest BCUT2D eigenvalue weighted by Gasteiger charge is -2.31. The van der Waals surface area contributed by atoms with E-state index in [2.05, 4.69) is 10.6 Å². The summed E-state index contributed by atoms with van der Waals surface area (Å²) >= 11 is 0.